The Kier molecular flexibility index (Phi) is 3.66. The summed E-state index contributed by atoms with van der Waals surface area (Å²) >= 11 is 5.00. The quantitative estimate of drug-likeness (QED) is 0.690. The van der Waals surface area contributed by atoms with Crippen molar-refractivity contribution in [2.45, 2.75) is 6.61 Å². The van der Waals surface area contributed by atoms with Gasteiger partial charge in [0.25, 0.3) is 0 Å². The maximum Gasteiger partial charge on any atom is 0.162 e. The maximum atomic E-state index is 5.72. The van der Waals surface area contributed by atoms with E-state index in [0.717, 1.165) is 26.7 Å². The van der Waals surface area contributed by atoms with E-state index < -0.39 is 0 Å². The standard InChI is InChI=1S/C14H10BrNO2S/c15-11-4-1-2-5-12(11)18-8-10-9-19-14(16-10)13-6-3-7-17-13/h1-7,9H,8H2. The van der Waals surface area contributed by atoms with Gasteiger partial charge in [-0.1, -0.05) is 12.1 Å². The zero-order valence-electron chi connectivity index (χ0n) is 9.88. The normalized spacial score (nSPS) is 10.6. The van der Waals surface area contributed by atoms with Crippen LogP contribution in [0.5, 0.6) is 5.75 Å². The molecule has 19 heavy (non-hydrogen) atoms. The van der Waals surface area contributed by atoms with Gasteiger partial charge in [0.1, 0.15) is 12.4 Å². The highest BCUT2D eigenvalue weighted by Gasteiger charge is 2.08. The molecule has 0 saturated carbocycles. The molecule has 3 rings (SSSR count). The minimum absolute atomic E-state index is 0.444. The maximum absolute atomic E-state index is 5.72. The number of aromatic nitrogens is 1. The van der Waals surface area contributed by atoms with Gasteiger partial charge in [-0.2, -0.15) is 0 Å². The van der Waals surface area contributed by atoms with Crippen molar-refractivity contribution >= 4 is 27.3 Å². The first-order valence-electron chi connectivity index (χ1n) is 5.68. The Bertz CT molecular complexity index is 664. The molecule has 0 aliphatic heterocycles. The number of benzene rings is 1. The molecule has 0 bridgehead atoms. The number of hydrogen-bond acceptors (Lipinski definition) is 4. The highest BCUT2D eigenvalue weighted by atomic mass is 79.9. The van der Waals surface area contributed by atoms with Crippen LogP contribution in [-0.4, -0.2) is 4.98 Å². The van der Waals surface area contributed by atoms with E-state index in [1.54, 1.807) is 17.6 Å². The lowest BCUT2D eigenvalue weighted by molar-refractivity contribution is 0.300. The van der Waals surface area contributed by atoms with Gasteiger partial charge in [-0.15, -0.1) is 11.3 Å². The molecule has 2 heterocycles. The van der Waals surface area contributed by atoms with Crippen LogP contribution in [0.3, 0.4) is 0 Å². The van der Waals surface area contributed by atoms with Crippen molar-refractivity contribution in [1.29, 1.82) is 0 Å². The second-order valence-corrected chi connectivity index (χ2v) is 5.55. The highest BCUT2D eigenvalue weighted by Crippen LogP contribution is 2.27. The summed E-state index contributed by atoms with van der Waals surface area (Å²) in [5.41, 5.74) is 0.896. The van der Waals surface area contributed by atoms with Crippen LogP contribution in [0, 0.1) is 0 Å². The smallest absolute Gasteiger partial charge is 0.162 e. The Morgan fingerprint density at radius 3 is 2.89 bits per heavy atom. The molecule has 0 aliphatic carbocycles. The van der Waals surface area contributed by atoms with Crippen LogP contribution in [0.1, 0.15) is 5.69 Å². The third-order valence-corrected chi connectivity index (χ3v) is 4.06. The Hall–Kier alpha value is -1.59. The molecule has 96 valence electrons. The Balaban J connectivity index is 1.70. The average molecular weight is 336 g/mol. The van der Waals surface area contributed by atoms with Crippen LogP contribution in [-0.2, 0) is 6.61 Å². The van der Waals surface area contributed by atoms with Gasteiger partial charge in [0.05, 0.1) is 16.4 Å². The number of furan rings is 1. The lowest BCUT2D eigenvalue weighted by Crippen LogP contribution is -1.96. The Morgan fingerprint density at radius 1 is 1.21 bits per heavy atom. The number of nitrogens with zero attached hydrogens (tertiary/aromatic N) is 1. The molecule has 0 N–H and O–H groups in total. The van der Waals surface area contributed by atoms with Gasteiger partial charge in [0.2, 0.25) is 0 Å². The number of hydrogen-bond donors (Lipinski definition) is 0. The van der Waals surface area contributed by atoms with Crippen LogP contribution in [0.4, 0.5) is 0 Å². The lowest BCUT2D eigenvalue weighted by Gasteiger charge is -2.05. The van der Waals surface area contributed by atoms with E-state index in [1.165, 1.54) is 0 Å². The van der Waals surface area contributed by atoms with Gasteiger partial charge in [-0.25, -0.2) is 4.98 Å². The zero-order chi connectivity index (χ0) is 13.1. The molecule has 0 aliphatic rings. The lowest BCUT2D eigenvalue weighted by atomic mass is 10.3. The molecule has 5 heteroatoms. The number of thiazole rings is 1. The van der Waals surface area contributed by atoms with E-state index >= 15 is 0 Å². The molecule has 1 aromatic carbocycles. The number of rotatable bonds is 4. The van der Waals surface area contributed by atoms with E-state index in [1.807, 2.05) is 41.8 Å². The summed E-state index contributed by atoms with van der Waals surface area (Å²) in [6, 6.07) is 11.5. The molecule has 0 spiro atoms. The molecule has 0 unspecified atom stereocenters. The largest absolute Gasteiger partial charge is 0.486 e. The van der Waals surface area contributed by atoms with Crippen LogP contribution < -0.4 is 4.74 Å². The predicted molar refractivity (Wildman–Crippen MR) is 78.3 cm³/mol. The van der Waals surface area contributed by atoms with Gasteiger partial charge in [-0.05, 0) is 40.2 Å². The van der Waals surface area contributed by atoms with E-state index in [-0.39, 0.29) is 0 Å². The van der Waals surface area contributed by atoms with E-state index in [9.17, 15) is 0 Å². The topological polar surface area (TPSA) is 35.3 Å². The summed E-state index contributed by atoms with van der Waals surface area (Å²) in [4.78, 5) is 4.48. The molecular formula is C14H10BrNO2S. The van der Waals surface area contributed by atoms with Crippen molar-refractivity contribution in [3.8, 4) is 16.5 Å². The first-order chi connectivity index (χ1) is 9.33. The first kappa shape index (κ1) is 12.4. The molecular weight excluding hydrogens is 326 g/mol. The predicted octanol–water partition coefficient (Wildman–Crippen LogP) is 4.74. The number of ether oxygens (including phenoxy) is 1. The molecule has 0 saturated heterocycles. The summed E-state index contributed by atoms with van der Waals surface area (Å²) < 4.78 is 12.0. The monoisotopic (exact) mass is 335 g/mol. The van der Waals surface area contributed by atoms with Crippen molar-refractivity contribution in [3.63, 3.8) is 0 Å². The first-order valence-corrected chi connectivity index (χ1v) is 7.36. The average Bonchev–Trinajstić information content (AvgIpc) is 3.09. The number of para-hydroxylation sites is 1. The van der Waals surface area contributed by atoms with Gasteiger partial charge in [-0.3, -0.25) is 0 Å². The molecule has 0 atom stereocenters. The van der Waals surface area contributed by atoms with Crippen molar-refractivity contribution in [3.05, 3.63) is 58.2 Å². The van der Waals surface area contributed by atoms with Gasteiger partial charge in [0.15, 0.2) is 10.8 Å². The molecule has 3 nitrogen and oxygen atoms in total. The van der Waals surface area contributed by atoms with Crippen molar-refractivity contribution in [2.75, 3.05) is 0 Å². The second-order valence-electron chi connectivity index (χ2n) is 3.84. The minimum Gasteiger partial charge on any atom is -0.486 e. The Morgan fingerprint density at radius 2 is 2.11 bits per heavy atom. The van der Waals surface area contributed by atoms with Gasteiger partial charge < -0.3 is 9.15 Å². The fourth-order valence-corrected chi connectivity index (χ4v) is 2.77. The van der Waals surface area contributed by atoms with Crippen molar-refractivity contribution in [1.82, 2.24) is 4.98 Å². The van der Waals surface area contributed by atoms with E-state index in [0.29, 0.717) is 6.61 Å². The Labute approximate surface area is 123 Å². The summed E-state index contributed by atoms with van der Waals surface area (Å²) in [5, 5.41) is 2.85. The van der Waals surface area contributed by atoms with Crippen LogP contribution in [0.15, 0.2) is 56.9 Å². The molecule has 2 aromatic heterocycles. The summed E-state index contributed by atoms with van der Waals surface area (Å²) in [5.74, 6) is 1.60. The third kappa shape index (κ3) is 2.88. The van der Waals surface area contributed by atoms with Crippen molar-refractivity contribution < 1.29 is 9.15 Å². The van der Waals surface area contributed by atoms with Crippen LogP contribution in [0.2, 0.25) is 0 Å². The van der Waals surface area contributed by atoms with Crippen LogP contribution in [0.25, 0.3) is 10.8 Å². The van der Waals surface area contributed by atoms with E-state index in [2.05, 4.69) is 20.9 Å². The van der Waals surface area contributed by atoms with Gasteiger partial charge in [0, 0.05) is 5.38 Å². The number of halogens is 1. The van der Waals surface area contributed by atoms with E-state index in [4.69, 9.17) is 9.15 Å². The molecule has 0 amide bonds. The molecule has 3 aromatic rings. The molecule has 0 radical (unpaired) electrons. The summed E-state index contributed by atoms with van der Waals surface area (Å²) in [7, 11) is 0. The second kappa shape index (κ2) is 5.59. The van der Waals surface area contributed by atoms with Crippen LogP contribution >= 0.6 is 27.3 Å². The van der Waals surface area contributed by atoms with Crippen molar-refractivity contribution in [2.24, 2.45) is 0 Å². The SMILES string of the molecule is Brc1ccccc1OCc1csc(-c2ccco2)n1. The fraction of sp³-hybridized carbons (Fsp3) is 0.0714. The highest BCUT2D eigenvalue weighted by molar-refractivity contribution is 9.10. The minimum atomic E-state index is 0.444. The third-order valence-electron chi connectivity index (χ3n) is 2.50. The van der Waals surface area contributed by atoms with Gasteiger partial charge >= 0.3 is 0 Å². The summed E-state index contributed by atoms with van der Waals surface area (Å²) in [6.07, 6.45) is 1.65. The zero-order valence-corrected chi connectivity index (χ0v) is 12.3. The fourth-order valence-electron chi connectivity index (χ4n) is 1.60. The summed E-state index contributed by atoms with van der Waals surface area (Å²) in [6.45, 7) is 0.444. The molecule has 0 fully saturated rings.